The lowest BCUT2D eigenvalue weighted by atomic mass is 9.77. The number of carbonyl (C=O) groups excluding carboxylic acids is 2. The van der Waals surface area contributed by atoms with E-state index < -0.39 is 63.4 Å². The monoisotopic (exact) mass is 634 g/mol. The van der Waals surface area contributed by atoms with Gasteiger partial charge in [0, 0.05) is 31.2 Å². The molecule has 1 fully saturated rings. The van der Waals surface area contributed by atoms with Crippen LogP contribution in [0, 0.1) is 5.92 Å². The van der Waals surface area contributed by atoms with Gasteiger partial charge in [-0.05, 0) is 55.2 Å². The third-order valence-corrected chi connectivity index (χ3v) is 9.15. The number of sulfonamides is 1. The number of alkyl halides is 6. The summed E-state index contributed by atoms with van der Waals surface area (Å²) >= 11 is 0. The number of aryl methyl sites for hydroxylation is 1. The van der Waals surface area contributed by atoms with Crippen molar-refractivity contribution in [2.45, 2.75) is 88.5 Å². The summed E-state index contributed by atoms with van der Waals surface area (Å²) in [6, 6.07) is 6.36. The van der Waals surface area contributed by atoms with Gasteiger partial charge in [-0.1, -0.05) is 38.1 Å². The third-order valence-electron chi connectivity index (χ3n) is 7.33. The molecule has 0 saturated heterocycles. The molecule has 2 aromatic rings. The van der Waals surface area contributed by atoms with Crippen LogP contribution in [0.15, 0.2) is 42.1 Å². The molecule has 1 saturated carbocycles. The minimum Gasteiger partial charge on any atom is -0.334 e. The van der Waals surface area contributed by atoms with Crippen LogP contribution < -0.4 is 10.0 Å². The average Bonchev–Trinajstić information content (AvgIpc) is 3.65. The lowest BCUT2D eigenvalue weighted by Crippen LogP contribution is -2.60. The van der Waals surface area contributed by atoms with Gasteiger partial charge in [0.15, 0.2) is 5.54 Å². The number of unbranched alkanes of at least 4 members (excludes halogenated alkanes) is 1. The van der Waals surface area contributed by atoms with Crippen molar-refractivity contribution in [3.63, 3.8) is 0 Å². The Bertz CT molecular complexity index is 1490. The SMILES string of the molecule is CC(C)Cn1ccc(C2=C(C(=O)NS(=O)(=O)C3CC3)C(=O)NC(c3ccc(CCCCC(F)(F)F)cc3)(C(F)(F)F)C2)n1. The fraction of sp³-hybridized carbons (Fsp3) is 0.536. The highest BCUT2D eigenvalue weighted by Gasteiger charge is 2.60. The number of hydrogen-bond acceptors (Lipinski definition) is 5. The Morgan fingerprint density at radius 2 is 1.74 bits per heavy atom. The summed E-state index contributed by atoms with van der Waals surface area (Å²) in [6.07, 6.45) is -8.92. The highest BCUT2D eigenvalue weighted by Crippen LogP contribution is 2.48. The van der Waals surface area contributed by atoms with E-state index in [1.165, 1.54) is 29.1 Å². The Balaban J connectivity index is 1.72. The van der Waals surface area contributed by atoms with E-state index in [1.54, 1.807) is 0 Å². The smallest absolute Gasteiger partial charge is 0.334 e. The van der Waals surface area contributed by atoms with Gasteiger partial charge in [-0.15, -0.1) is 0 Å². The van der Waals surface area contributed by atoms with Crippen LogP contribution in [-0.2, 0) is 38.1 Å². The summed E-state index contributed by atoms with van der Waals surface area (Å²) in [6.45, 7) is 4.18. The van der Waals surface area contributed by atoms with E-state index in [0.717, 1.165) is 12.1 Å². The number of rotatable bonds is 11. The molecule has 2 heterocycles. The summed E-state index contributed by atoms with van der Waals surface area (Å²) in [4.78, 5) is 26.5. The van der Waals surface area contributed by atoms with Gasteiger partial charge >= 0.3 is 12.4 Å². The fourth-order valence-corrected chi connectivity index (χ4v) is 6.29. The molecular formula is C28H32F6N4O4S. The van der Waals surface area contributed by atoms with Crippen molar-refractivity contribution in [1.82, 2.24) is 19.8 Å². The zero-order chi connectivity index (χ0) is 31.8. The number of benzene rings is 1. The van der Waals surface area contributed by atoms with Gasteiger partial charge in [0.25, 0.3) is 11.8 Å². The lowest BCUT2D eigenvalue weighted by molar-refractivity contribution is -0.202. The maximum Gasteiger partial charge on any atom is 0.416 e. The lowest BCUT2D eigenvalue weighted by Gasteiger charge is -2.41. The summed E-state index contributed by atoms with van der Waals surface area (Å²) < 4.78 is 110. The van der Waals surface area contributed by atoms with Crippen LogP contribution in [0.1, 0.15) is 69.2 Å². The molecule has 15 heteroatoms. The molecule has 1 atom stereocenters. The van der Waals surface area contributed by atoms with Crippen LogP contribution >= 0.6 is 0 Å². The van der Waals surface area contributed by atoms with E-state index in [2.05, 4.69) is 5.10 Å². The van der Waals surface area contributed by atoms with E-state index in [1.807, 2.05) is 23.9 Å². The van der Waals surface area contributed by atoms with E-state index in [0.29, 0.717) is 24.9 Å². The molecule has 0 bridgehead atoms. The van der Waals surface area contributed by atoms with Crippen LogP contribution in [0.5, 0.6) is 0 Å². The summed E-state index contributed by atoms with van der Waals surface area (Å²) in [5, 5.41) is 5.42. The molecule has 0 radical (unpaired) electrons. The Kier molecular flexibility index (Phi) is 9.06. The highest BCUT2D eigenvalue weighted by molar-refractivity contribution is 7.91. The maximum absolute atomic E-state index is 14.9. The number of amides is 2. The molecule has 236 valence electrons. The van der Waals surface area contributed by atoms with Crippen molar-refractivity contribution in [2.24, 2.45) is 5.92 Å². The standard InChI is InChI=1S/C28H32F6N4O4S/c1-17(2)16-38-14-12-22(36-38)21-15-26(28(32,33)34,19-8-6-18(7-9-19)5-3-4-13-27(29,30)31)35-24(39)23(21)25(40)37-43(41,42)20-10-11-20/h6-9,12,14,17,20H,3-5,10-11,13,15-16H2,1-2H3,(H,35,39)(H,37,40). The number of nitrogens with zero attached hydrogens (tertiary/aromatic N) is 2. The van der Waals surface area contributed by atoms with E-state index in [9.17, 15) is 44.3 Å². The van der Waals surface area contributed by atoms with Crippen molar-refractivity contribution in [1.29, 1.82) is 0 Å². The van der Waals surface area contributed by atoms with Crippen molar-refractivity contribution < 1.29 is 44.3 Å². The summed E-state index contributed by atoms with van der Waals surface area (Å²) in [5.74, 6) is -2.65. The Hall–Kier alpha value is -3.36. The average molecular weight is 635 g/mol. The van der Waals surface area contributed by atoms with Gasteiger partial charge in [0.05, 0.1) is 10.9 Å². The molecule has 0 spiro atoms. The Morgan fingerprint density at radius 3 is 2.30 bits per heavy atom. The topological polar surface area (TPSA) is 110 Å². The third kappa shape index (κ3) is 7.60. The van der Waals surface area contributed by atoms with Gasteiger partial charge < -0.3 is 5.32 Å². The molecule has 8 nitrogen and oxygen atoms in total. The Labute approximate surface area is 245 Å². The van der Waals surface area contributed by atoms with Crippen molar-refractivity contribution in [3.8, 4) is 0 Å². The minimum atomic E-state index is -5.08. The summed E-state index contributed by atoms with van der Waals surface area (Å²) in [5.41, 5.74) is -4.09. The fourth-order valence-electron chi connectivity index (χ4n) is 5.01. The van der Waals surface area contributed by atoms with E-state index in [4.69, 9.17) is 0 Å². The molecule has 2 aliphatic rings. The van der Waals surface area contributed by atoms with Crippen LogP contribution in [0.3, 0.4) is 0 Å². The number of carbonyl (C=O) groups is 2. The van der Waals surface area contributed by atoms with Gasteiger partial charge in [0.2, 0.25) is 10.0 Å². The molecule has 1 aliphatic heterocycles. The largest absolute Gasteiger partial charge is 0.416 e. The first-order valence-electron chi connectivity index (χ1n) is 13.8. The molecule has 43 heavy (non-hydrogen) atoms. The second-order valence-corrected chi connectivity index (χ2v) is 13.4. The second-order valence-electron chi connectivity index (χ2n) is 11.4. The first-order valence-corrected chi connectivity index (χ1v) is 15.3. The van der Waals surface area contributed by atoms with E-state index >= 15 is 0 Å². The predicted octanol–water partition coefficient (Wildman–Crippen LogP) is 5.15. The predicted molar refractivity (Wildman–Crippen MR) is 145 cm³/mol. The molecule has 2 N–H and O–H groups in total. The van der Waals surface area contributed by atoms with Gasteiger partial charge in [0.1, 0.15) is 5.57 Å². The number of halogens is 6. The second kappa shape index (κ2) is 12.0. The normalized spacial score (nSPS) is 20.0. The molecule has 1 aromatic heterocycles. The highest BCUT2D eigenvalue weighted by atomic mass is 32.2. The molecule has 1 aromatic carbocycles. The van der Waals surface area contributed by atoms with Gasteiger partial charge in [-0.2, -0.15) is 31.4 Å². The van der Waals surface area contributed by atoms with Crippen LogP contribution in [0.4, 0.5) is 26.3 Å². The number of hydrogen-bond donors (Lipinski definition) is 2. The maximum atomic E-state index is 14.9. The minimum absolute atomic E-state index is 0.0839. The first-order chi connectivity index (χ1) is 19.9. The molecular weight excluding hydrogens is 602 g/mol. The number of nitrogens with one attached hydrogen (secondary N) is 2. The molecule has 1 aliphatic carbocycles. The van der Waals surface area contributed by atoms with Crippen LogP contribution in [0.2, 0.25) is 0 Å². The zero-order valence-corrected chi connectivity index (χ0v) is 24.3. The molecule has 1 unspecified atom stereocenters. The zero-order valence-electron chi connectivity index (χ0n) is 23.5. The van der Waals surface area contributed by atoms with E-state index in [-0.39, 0.29) is 42.0 Å². The summed E-state index contributed by atoms with van der Waals surface area (Å²) in [7, 11) is -4.13. The van der Waals surface area contributed by atoms with Gasteiger partial charge in [-0.3, -0.25) is 14.3 Å². The van der Waals surface area contributed by atoms with Crippen molar-refractivity contribution in [2.75, 3.05) is 0 Å². The van der Waals surface area contributed by atoms with Crippen LogP contribution in [-0.4, -0.2) is 47.6 Å². The van der Waals surface area contributed by atoms with Crippen molar-refractivity contribution in [3.05, 3.63) is 58.9 Å². The molecule has 4 rings (SSSR count). The first kappa shape index (κ1) is 32.6. The van der Waals surface area contributed by atoms with Crippen LogP contribution in [0.25, 0.3) is 5.57 Å². The quantitative estimate of drug-likeness (QED) is 0.202. The molecule has 2 amide bonds. The Morgan fingerprint density at radius 1 is 1.09 bits per heavy atom. The number of aromatic nitrogens is 2. The van der Waals surface area contributed by atoms with Gasteiger partial charge in [-0.25, -0.2) is 13.1 Å². The van der Waals surface area contributed by atoms with Crippen molar-refractivity contribution >= 4 is 27.4 Å².